The van der Waals surface area contributed by atoms with Crippen LogP contribution in [0.15, 0.2) is 28.7 Å². The molecular formula is C29H37F3N2O3. The lowest BCUT2D eigenvalue weighted by atomic mass is 9.62. The van der Waals surface area contributed by atoms with Crippen LogP contribution in [0.25, 0.3) is 0 Å². The van der Waals surface area contributed by atoms with E-state index < -0.39 is 18.1 Å². The molecule has 0 atom stereocenters. The topological polar surface area (TPSA) is 71.3 Å². The Hall–Kier alpha value is -2.77. The molecule has 2 aliphatic carbocycles. The van der Waals surface area contributed by atoms with Crippen LogP contribution in [0.4, 0.5) is 13.2 Å². The monoisotopic (exact) mass is 518 g/mol. The predicted molar refractivity (Wildman–Crippen MR) is 136 cm³/mol. The Balaban J connectivity index is 1.37. The minimum absolute atomic E-state index is 0.107. The van der Waals surface area contributed by atoms with Crippen LogP contribution in [0.3, 0.4) is 0 Å². The molecule has 1 aromatic carbocycles. The second kappa shape index (κ2) is 9.84. The van der Waals surface area contributed by atoms with Crippen molar-refractivity contribution in [3.05, 3.63) is 58.0 Å². The highest BCUT2D eigenvalue weighted by molar-refractivity contribution is 5.91. The number of hydrogen-bond acceptors (Lipinski definition) is 3. The Morgan fingerprint density at radius 1 is 0.919 bits per heavy atom. The standard InChI is InChI=1S/C29H37F3N2O3/c1-17-14-22-23(28(4,5)13-12-27(22,2)3)16-18(17)15-21-10-11-24(37-21)25(35)33-19-6-8-20(9-7-19)34-26(36)29(30,31)32/h10-11,14,16,19-20H,6-9,12-13,15H2,1-5H3,(H,33,35)(H,34,36). The molecule has 0 saturated heterocycles. The number of amides is 2. The number of halogens is 3. The maximum atomic E-state index is 12.8. The zero-order valence-electron chi connectivity index (χ0n) is 22.3. The van der Waals surface area contributed by atoms with E-state index >= 15 is 0 Å². The molecule has 8 heteroatoms. The first-order valence-electron chi connectivity index (χ1n) is 13.1. The Morgan fingerprint density at radius 2 is 1.46 bits per heavy atom. The summed E-state index contributed by atoms with van der Waals surface area (Å²) in [6.07, 6.45) is -0.268. The van der Waals surface area contributed by atoms with E-state index in [2.05, 4.69) is 52.1 Å². The minimum atomic E-state index is -4.88. The summed E-state index contributed by atoms with van der Waals surface area (Å²) >= 11 is 0. The molecule has 1 aromatic heterocycles. The van der Waals surface area contributed by atoms with Gasteiger partial charge in [-0.1, -0.05) is 39.8 Å². The van der Waals surface area contributed by atoms with Crippen LogP contribution in [-0.4, -0.2) is 30.1 Å². The minimum Gasteiger partial charge on any atom is -0.456 e. The number of carbonyl (C=O) groups is 2. The van der Waals surface area contributed by atoms with Crippen LogP contribution < -0.4 is 10.6 Å². The van der Waals surface area contributed by atoms with Gasteiger partial charge < -0.3 is 15.1 Å². The molecule has 0 aliphatic heterocycles. The highest BCUT2D eigenvalue weighted by Gasteiger charge is 2.40. The smallest absolute Gasteiger partial charge is 0.456 e. The van der Waals surface area contributed by atoms with Gasteiger partial charge in [0.1, 0.15) is 5.76 Å². The first kappa shape index (κ1) is 27.3. The summed E-state index contributed by atoms with van der Waals surface area (Å²) < 4.78 is 43.3. The summed E-state index contributed by atoms with van der Waals surface area (Å²) in [5, 5.41) is 4.95. The van der Waals surface area contributed by atoms with Crippen LogP contribution in [0.1, 0.15) is 105 Å². The predicted octanol–water partition coefficient (Wildman–Crippen LogP) is 6.25. The van der Waals surface area contributed by atoms with Gasteiger partial charge in [-0.05, 0) is 90.7 Å². The van der Waals surface area contributed by atoms with E-state index in [9.17, 15) is 22.8 Å². The Bertz CT molecular complexity index is 1170. The average Bonchev–Trinajstić information content (AvgIpc) is 3.27. The van der Waals surface area contributed by atoms with Crippen molar-refractivity contribution >= 4 is 11.8 Å². The van der Waals surface area contributed by atoms with Crippen LogP contribution >= 0.6 is 0 Å². The molecule has 1 saturated carbocycles. The van der Waals surface area contributed by atoms with Crippen molar-refractivity contribution in [1.82, 2.24) is 10.6 Å². The maximum Gasteiger partial charge on any atom is 0.471 e. The molecular weight excluding hydrogens is 481 g/mol. The molecule has 0 unspecified atom stereocenters. The highest BCUT2D eigenvalue weighted by Crippen LogP contribution is 2.46. The van der Waals surface area contributed by atoms with Crippen molar-refractivity contribution < 1.29 is 27.2 Å². The van der Waals surface area contributed by atoms with Gasteiger partial charge in [-0.15, -0.1) is 0 Å². The van der Waals surface area contributed by atoms with E-state index in [-0.39, 0.29) is 28.5 Å². The van der Waals surface area contributed by atoms with Gasteiger partial charge in [0, 0.05) is 18.5 Å². The third-order valence-corrected chi connectivity index (χ3v) is 8.21. The first-order chi connectivity index (χ1) is 17.2. The number of rotatable bonds is 5. The van der Waals surface area contributed by atoms with E-state index in [4.69, 9.17) is 4.42 Å². The summed E-state index contributed by atoms with van der Waals surface area (Å²) in [7, 11) is 0. The van der Waals surface area contributed by atoms with Crippen LogP contribution in [0.2, 0.25) is 0 Å². The molecule has 0 spiro atoms. The molecule has 0 bridgehead atoms. The van der Waals surface area contributed by atoms with E-state index in [0.717, 1.165) is 12.8 Å². The van der Waals surface area contributed by atoms with Gasteiger partial charge in [-0.3, -0.25) is 9.59 Å². The fourth-order valence-electron chi connectivity index (χ4n) is 5.65. The molecule has 2 aliphatic rings. The lowest BCUT2D eigenvalue weighted by molar-refractivity contribution is -0.174. The first-order valence-corrected chi connectivity index (χ1v) is 13.1. The third kappa shape index (κ3) is 6.04. The summed E-state index contributed by atoms with van der Waals surface area (Å²) in [4.78, 5) is 23.9. The second-order valence-electron chi connectivity index (χ2n) is 12.0. The molecule has 1 heterocycles. The van der Waals surface area contributed by atoms with Crippen LogP contribution in [0, 0.1) is 6.92 Å². The van der Waals surface area contributed by atoms with Gasteiger partial charge in [0.2, 0.25) is 0 Å². The maximum absolute atomic E-state index is 12.8. The van der Waals surface area contributed by atoms with E-state index in [1.807, 2.05) is 11.4 Å². The van der Waals surface area contributed by atoms with Gasteiger partial charge in [-0.2, -0.15) is 13.2 Å². The van der Waals surface area contributed by atoms with Gasteiger partial charge in [0.15, 0.2) is 5.76 Å². The summed E-state index contributed by atoms with van der Waals surface area (Å²) in [5.41, 5.74) is 5.45. The van der Waals surface area contributed by atoms with Gasteiger partial charge in [0.05, 0.1) is 0 Å². The lowest BCUT2D eigenvalue weighted by Gasteiger charge is -2.42. The fraction of sp³-hybridized carbons (Fsp3) is 0.586. The van der Waals surface area contributed by atoms with Crippen molar-refractivity contribution in [2.24, 2.45) is 0 Å². The molecule has 202 valence electrons. The average molecular weight is 519 g/mol. The van der Waals surface area contributed by atoms with Crippen molar-refractivity contribution in [3.63, 3.8) is 0 Å². The highest BCUT2D eigenvalue weighted by atomic mass is 19.4. The molecule has 4 rings (SSSR count). The summed E-state index contributed by atoms with van der Waals surface area (Å²) in [5.74, 6) is -1.32. The largest absolute Gasteiger partial charge is 0.471 e. The molecule has 0 radical (unpaired) electrons. The number of nitrogens with one attached hydrogen (secondary N) is 2. The van der Waals surface area contributed by atoms with E-state index in [1.54, 1.807) is 6.07 Å². The van der Waals surface area contributed by atoms with Gasteiger partial charge in [-0.25, -0.2) is 0 Å². The number of carbonyl (C=O) groups excluding carboxylic acids is 2. The molecule has 5 nitrogen and oxygen atoms in total. The van der Waals surface area contributed by atoms with Gasteiger partial charge in [0.25, 0.3) is 5.91 Å². The van der Waals surface area contributed by atoms with E-state index in [0.29, 0.717) is 37.9 Å². The Labute approximate surface area is 216 Å². The zero-order chi connectivity index (χ0) is 27.2. The SMILES string of the molecule is Cc1cc2c(cc1Cc1ccc(C(=O)NC3CCC(NC(=O)C(F)(F)F)CC3)o1)C(C)(C)CCC2(C)C. The number of furan rings is 1. The number of hydrogen-bond donors (Lipinski definition) is 2. The van der Waals surface area contributed by atoms with Crippen molar-refractivity contribution in [2.45, 2.75) is 109 Å². The van der Waals surface area contributed by atoms with E-state index in [1.165, 1.54) is 22.3 Å². The quantitative estimate of drug-likeness (QED) is 0.492. The molecule has 2 aromatic rings. The fourth-order valence-corrected chi connectivity index (χ4v) is 5.65. The number of aryl methyl sites for hydroxylation is 1. The second-order valence-corrected chi connectivity index (χ2v) is 12.0. The van der Waals surface area contributed by atoms with Crippen LogP contribution in [-0.2, 0) is 22.0 Å². The lowest BCUT2D eigenvalue weighted by Crippen LogP contribution is -2.47. The van der Waals surface area contributed by atoms with Crippen LogP contribution in [0.5, 0.6) is 0 Å². The third-order valence-electron chi connectivity index (χ3n) is 8.21. The summed E-state index contributed by atoms with van der Waals surface area (Å²) in [6.45, 7) is 11.3. The Kier molecular flexibility index (Phi) is 7.25. The zero-order valence-corrected chi connectivity index (χ0v) is 22.3. The molecule has 1 fully saturated rings. The molecule has 37 heavy (non-hydrogen) atoms. The van der Waals surface area contributed by atoms with Crippen molar-refractivity contribution in [3.8, 4) is 0 Å². The number of benzene rings is 1. The van der Waals surface area contributed by atoms with Crippen molar-refractivity contribution in [1.29, 1.82) is 0 Å². The normalized spacial score (nSPS) is 22.7. The number of alkyl halides is 3. The van der Waals surface area contributed by atoms with Crippen molar-refractivity contribution in [2.75, 3.05) is 0 Å². The summed E-state index contributed by atoms with van der Waals surface area (Å²) in [6, 6.07) is 7.41. The Morgan fingerprint density at radius 3 is 2.03 bits per heavy atom. The molecule has 2 N–H and O–H groups in total. The number of fused-ring (bicyclic) bond motifs is 1. The van der Waals surface area contributed by atoms with Gasteiger partial charge >= 0.3 is 12.1 Å². The molecule has 2 amide bonds.